The Bertz CT molecular complexity index is 593. The molecule has 1 heterocycles. The van der Waals surface area contributed by atoms with Crippen molar-refractivity contribution in [3.63, 3.8) is 0 Å². The zero-order chi connectivity index (χ0) is 12.0. The molecular weight excluding hydrogens is 214 g/mol. The number of aryl methyl sites for hydroxylation is 1. The van der Waals surface area contributed by atoms with Gasteiger partial charge in [0, 0.05) is 24.1 Å². The molecule has 0 spiro atoms. The monoisotopic (exact) mass is 229 g/mol. The highest BCUT2D eigenvalue weighted by molar-refractivity contribution is 5.95. The van der Waals surface area contributed by atoms with E-state index in [2.05, 4.69) is 22.9 Å². The van der Waals surface area contributed by atoms with E-state index < -0.39 is 0 Å². The maximum absolute atomic E-state index is 11.9. The summed E-state index contributed by atoms with van der Waals surface area (Å²) in [6, 6.07) is 8.18. The first-order valence-electron chi connectivity index (χ1n) is 5.82. The average molecular weight is 229 g/mol. The van der Waals surface area contributed by atoms with Crippen LogP contribution in [0.25, 0.3) is 10.9 Å². The topological polar surface area (TPSA) is 31.2 Å². The Morgan fingerprint density at radius 2 is 2.06 bits per heavy atom. The van der Waals surface area contributed by atoms with Crippen LogP contribution < -0.4 is 0 Å². The summed E-state index contributed by atoms with van der Waals surface area (Å²) < 4.78 is 7.02. The second kappa shape index (κ2) is 3.36. The van der Waals surface area contributed by atoms with E-state index in [-0.39, 0.29) is 11.4 Å². The molecule has 2 aromatic rings. The molecule has 0 saturated heterocycles. The van der Waals surface area contributed by atoms with Gasteiger partial charge in [-0.3, -0.25) is 4.79 Å². The fraction of sp³-hybridized carbons (Fsp3) is 0.357. The number of rotatable bonds is 2. The van der Waals surface area contributed by atoms with Gasteiger partial charge in [0.1, 0.15) is 0 Å². The maximum atomic E-state index is 11.9. The molecule has 3 nitrogen and oxygen atoms in total. The van der Waals surface area contributed by atoms with Gasteiger partial charge in [-0.15, -0.1) is 0 Å². The lowest BCUT2D eigenvalue weighted by Gasteiger charge is -2.11. The number of aromatic nitrogens is 1. The normalized spacial score (nSPS) is 17.1. The molecule has 1 aromatic heterocycles. The molecule has 0 N–H and O–H groups in total. The standard InChI is InChI=1S/C14H15NO2/c1-15-9-11(10-5-3-4-6-12(10)15)14(7-8-14)13(16)17-2/h3-6,9H,7-8H2,1-2H3. The van der Waals surface area contributed by atoms with Crippen molar-refractivity contribution >= 4 is 16.9 Å². The highest BCUT2D eigenvalue weighted by atomic mass is 16.5. The largest absolute Gasteiger partial charge is 0.468 e. The quantitative estimate of drug-likeness (QED) is 0.740. The lowest BCUT2D eigenvalue weighted by atomic mass is 9.96. The summed E-state index contributed by atoms with van der Waals surface area (Å²) in [5.74, 6) is -0.103. The van der Waals surface area contributed by atoms with Gasteiger partial charge in [-0.05, 0) is 24.5 Å². The van der Waals surface area contributed by atoms with Crippen molar-refractivity contribution in [1.82, 2.24) is 4.57 Å². The van der Waals surface area contributed by atoms with E-state index >= 15 is 0 Å². The molecule has 17 heavy (non-hydrogen) atoms. The van der Waals surface area contributed by atoms with Crippen LogP contribution in [0.4, 0.5) is 0 Å². The summed E-state index contributed by atoms with van der Waals surface area (Å²) in [6.45, 7) is 0. The Kier molecular flexibility index (Phi) is 2.05. The summed E-state index contributed by atoms with van der Waals surface area (Å²) in [5.41, 5.74) is 1.90. The van der Waals surface area contributed by atoms with Gasteiger partial charge in [0.15, 0.2) is 0 Å². The van der Waals surface area contributed by atoms with Gasteiger partial charge in [-0.25, -0.2) is 0 Å². The van der Waals surface area contributed by atoms with Gasteiger partial charge in [-0.1, -0.05) is 18.2 Å². The molecule has 1 fully saturated rings. The SMILES string of the molecule is COC(=O)C1(c2cn(C)c3ccccc23)CC1. The van der Waals surface area contributed by atoms with Gasteiger partial charge in [-0.2, -0.15) is 0 Å². The van der Waals surface area contributed by atoms with Crippen molar-refractivity contribution in [2.75, 3.05) is 7.11 Å². The van der Waals surface area contributed by atoms with Crippen LogP contribution in [-0.2, 0) is 22.0 Å². The van der Waals surface area contributed by atoms with Crippen LogP contribution in [0, 0.1) is 0 Å². The number of nitrogens with zero attached hydrogens (tertiary/aromatic N) is 1. The van der Waals surface area contributed by atoms with Gasteiger partial charge in [0.25, 0.3) is 0 Å². The van der Waals surface area contributed by atoms with Crippen LogP contribution in [0.15, 0.2) is 30.5 Å². The van der Waals surface area contributed by atoms with Crippen LogP contribution in [0.1, 0.15) is 18.4 Å². The van der Waals surface area contributed by atoms with Crippen molar-refractivity contribution in [2.45, 2.75) is 18.3 Å². The predicted octanol–water partition coefficient (Wildman–Crippen LogP) is 2.38. The molecule has 1 aromatic carbocycles. The average Bonchev–Trinajstić information content (AvgIpc) is 3.10. The molecule has 1 aliphatic carbocycles. The Morgan fingerprint density at radius 3 is 2.71 bits per heavy atom. The van der Waals surface area contributed by atoms with E-state index in [1.165, 1.54) is 7.11 Å². The first kappa shape index (κ1) is 10.4. The molecule has 3 heteroatoms. The van der Waals surface area contributed by atoms with Crippen LogP contribution in [0.3, 0.4) is 0 Å². The van der Waals surface area contributed by atoms with Crippen LogP contribution in [0.2, 0.25) is 0 Å². The first-order chi connectivity index (χ1) is 8.19. The van der Waals surface area contributed by atoms with Gasteiger partial charge >= 0.3 is 5.97 Å². The van der Waals surface area contributed by atoms with Crippen LogP contribution >= 0.6 is 0 Å². The molecule has 1 saturated carbocycles. The van der Waals surface area contributed by atoms with Crippen LogP contribution in [0.5, 0.6) is 0 Å². The Morgan fingerprint density at radius 1 is 1.35 bits per heavy atom. The van der Waals surface area contributed by atoms with Crippen molar-refractivity contribution < 1.29 is 9.53 Å². The summed E-state index contributed by atoms with van der Waals surface area (Å²) in [5, 5.41) is 1.16. The Balaban J connectivity index is 2.22. The minimum absolute atomic E-state index is 0.103. The third-order valence-corrected chi connectivity index (χ3v) is 3.74. The number of para-hydroxylation sites is 1. The Hall–Kier alpha value is -1.77. The molecule has 0 unspecified atom stereocenters. The first-order valence-corrected chi connectivity index (χ1v) is 5.82. The molecule has 0 atom stereocenters. The number of carbonyl (C=O) groups excluding carboxylic acids is 1. The van der Waals surface area contributed by atoms with Crippen molar-refractivity contribution in [2.24, 2.45) is 7.05 Å². The van der Waals surface area contributed by atoms with Crippen molar-refractivity contribution in [1.29, 1.82) is 0 Å². The number of esters is 1. The summed E-state index contributed by atoms with van der Waals surface area (Å²) in [6.07, 6.45) is 3.86. The molecule has 0 aliphatic heterocycles. The Labute approximate surface area is 100.0 Å². The number of hydrogen-bond donors (Lipinski definition) is 0. The third-order valence-electron chi connectivity index (χ3n) is 3.74. The highest BCUT2D eigenvalue weighted by Crippen LogP contribution is 2.51. The lowest BCUT2D eigenvalue weighted by molar-refractivity contribution is -0.143. The molecule has 0 radical (unpaired) electrons. The minimum atomic E-state index is -0.379. The molecule has 1 aliphatic rings. The number of fused-ring (bicyclic) bond motifs is 1. The van der Waals surface area contributed by atoms with E-state index in [1.54, 1.807) is 0 Å². The summed E-state index contributed by atoms with van der Waals surface area (Å²) >= 11 is 0. The van der Waals surface area contributed by atoms with E-state index in [9.17, 15) is 4.79 Å². The molecule has 0 amide bonds. The minimum Gasteiger partial charge on any atom is -0.468 e. The molecule has 3 rings (SSSR count). The second-order valence-corrected chi connectivity index (χ2v) is 4.74. The molecule has 0 bridgehead atoms. The fourth-order valence-corrected chi connectivity index (χ4v) is 2.63. The zero-order valence-corrected chi connectivity index (χ0v) is 10.1. The summed E-state index contributed by atoms with van der Waals surface area (Å²) in [4.78, 5) is 11.9. The number of benzene rings is 1. The van der Waals surface area contributed by atoms with Crippen molar-refractivity contribution in [3.05, 3.63) is 36.0 Å². The smallest absolute Gasteiger partial charge is 0.316 e. The molecule has 88 valence electrons. The van der Waals surface area contributed by atoms with Gasteiger partial charge < -0.3 is 9.30 Å². The third kappa shape index (κ3) is 1.32. The zero-order valence-electron chi connectivity index (χ0n) is 10.1. The van der Waals surface area contributed by atoms with E-state index in [4.69, 9.17) is 4.74 Å². The number of hydrogen-bond acceptors (Lipinski definition) is 2. The van der Waals surface area contributed by atoms with Crippen LogP contribution in [-0.4, -0.2) is 17.6 Å². The number of methoxy groups -OCH3 is 1. The van der Waals surface area contributed by atoms with E-state index in [1.807, 2.05) is 19.2 Å². The predicted molar refractivity (Wildman–Crippen MR) is 65.8 cm³/mol. The molecular formula is C14H15NO2. The maximum Gasteiger partial charge on any atom is 0.316 e. The summed E-state index contributed by atoms with van der Waals surface area (Å²) in [7, 11) is 3.48. The number of ether oxygens (including phenoxy) is 1. The van der Waals surface area contributed by atoms with Gasteiger partial charge in [0.05, 0.1) is 12.5 Å². The van der Waals surface area contributed by atoms with E-state index in [0.29, 0.717) is 0 Å². The number of carbonyl (C=O) groups is 1. The lowest BCUT2D eigenvalue weighted by Crippen LogP contribution is -2.21. The highest BCUT2D eigenvalue weighted by Gasteiger charge is 2.53. The van der Waals surface area contributed by atoms with E-state index in [0.717, 1.165) is 29.3 Å². The second-order valence-electron chi connectivity index (χ2n) is 4.74. The fourth-order valence-electron chi connectivity index (χ4n) is 2.63. The van der Waals surface area contributed by atoms with Crippen molar-refractivity contribution in [3.8, 4) is 0 Å². The van der Waals surface area contributed by atoms with Gasteiger partial charge in [0.2, 0.25) is 0 Å².